The summed E-state index contributed by atoms with van der Waals surface area (Å²) in [5.74, 6) is -0.847. The third-order valence-corrected chi connectivity index (χ3v) is 6.31. The first-order valence-corrected chi connectivity index (χ1v) is 10.7. The molecule has 2 aliphatic rings. The molecule has 31 heavy (non-hydrogen) atoms. The van der Waals surface area contributed by atoms with Crippen molar-refractivity contribution in [1.82, 2.24) is 20.3 Å². The summed E-state index contributed by atoms with van der Waals surface area (Å²) in [6.45, 7) is 0.501. The molecule has 0 atom stereocenters. The Morgan fingerprint density at radius 1 is 0.968 bits per heavy atom. The van der Waals surface area contributed by atoms with Crippen molar-refractivity contribution in [3.63, 3.8) is 0 Å². The number of benzene rings is 2. The first-order chi connectivity index (χ1) is 15.1. The minimum atomic E-state index is -0.876. The highest BCUT2D eigenvalue weighted by Crippen LogP contribution is 2.33. The number of fused-ring (bicyclic) bond motifs is 1. The van der Waals surface area contributed by atoms with Gasteiger partial charge in [-0.3, -0.25) is 15.0 Å². The third-order valence-electron chi connectivity index (χ3n) is 6.31. The number of carbonyl (C=O) groups excluding carboxylic acids is 3. The summed E-state index contributed by atoms with van der Waals surface area (Å²) in [4.78, 5) is 38.8. The molecule has 7 heteroatoms. The van der Waals surface area contributed by atoms with Gasteiger partial charge in [0.25, 0.3) is 11.8 Å². The number of para-hydroxylation sites is 1. The average Bonchev–Trinajstić information content (AvgIpc) is 3.26. The minimum Gasteiger partial charge on any atom is -0.332 e. The van der Waals surface area contributed by atoms with Crippen LogP contribution in [0.3, 0.4) is 0 Å². The lowest BCUT2D eigenvalue weighted by molar-refractivity contribution is -0.134. The summed E-state index contributed by atoms with van der Waals surface area (Å²) >= 11 is 0. The van der Waals surface area contributed by atoms with Gasteiger partial charge in [0.1, 0.15) is 11.2 Å². The van der Waals surface area contributed by atoms with E-state index in [4.69, 9.17) is 0 Å². The Hall–Kier alpha value is -3.61. The monoisotopic (exact) mass is 416 g/mol. The molecule has 2 aromatic carbocycles. The molecule has 3 aromatic rings. The Morgan fingerprint density at radius 3 is 2.45 bits per heavy atom. The number of hydrazine groups is 1. The predicted molar refractivity (Wildman–Crippen MR) is 116 cm³/mol. The van der Waals surface area contributed by atoms with Crippen molar-refractivity contribution in [2.24, 2.45) is 0 Å². The van der Waals surface area contributed by atoms with Crippen LogP contribution in [0, 0.1) is 0 Å². The van der Waals surface area contributed by atoms with Gasteiger partial charge in [-0.25, -0.2) is 4.79 Å². The molecule has 0 unspecified atom stereocenters. The largest absolute Gasteiger partial charge is 0.344 e. The fourth-order valence-corrected chi connectivity index (χ4v) is 4.71. The molecular formula is C24H24N4O3. The summed E-state index contributed by atoms with van der Waals surface area (Å²) in [6, 6.07) is 18.8. The van der Waals surface area contributed by atoms with Crippen molar-refractivity contribution < 1.29 is 14.4 Å². The Morgan fingerprint density at radius 2 is 1.68 bits per heavy atom. The third kappa shape index (κ3) is 3.36. The number of hydrogen-bond acceptors (Lipinski definition) is 3. The molecule has 2 fully saturated rings. The van der Waals surface area contributed by atoms with Gasteiger partial charge in [-0.05, 0) is 30.5 Å². The van der Waals surface area contributed by atoms with Crippen molar-refractivity contribution in [1.29, 1.82) is 0 Å². The van der Waals surface area contributed by atoms with E-state index in [0.717, 1.165) is 40.7 Å². The molecule has 0 bridgehead atoms. The number of carbonyl (C=O) groups is 3. The highest BCUT2D eigenvalue weighted by atomic mass is 16.2. The Bertz CT molecular complexity index is 1160. The smallest absolute Gasteiger partial charge is 0.332 e. The van der Waals surface area contributed by atoms with Crippen LogP contribution >= 0.6 is 0 Å². The molecule has 158 valence electrons. The van der Waals surface area contributed by atoms with E-state index in [1.54, 1.807) is 6.07 Å². The molecule has 5 rings (SSSR count). The summed E-state index contributed by atoms with van der Waals surface area (Å²) in [7, 11) is 0. The highest BCUT2D eigenvalue weighted by Gasteiger charge is 2.52. The molecule has 2 N–H and O–H groups in total. The number of nitrogens with one attached hydrogen (secondary N) is 2. The highest BCUT2D eigenvalue weighted by molar-refractivity contribution is 6.09. The molecule has 2 heterocycles. The minimum absolute atomic E-state index is 0.365. The lowest BCUT2D eigenvalue weighted by atomic mass is 9.82. The van der Waals surface area contributed by atoms with Gasteiger partial charge in [0, 0.05) is 17.4 Å². The van der Waals surface area contributed by atoms with E-state index in [0.29, 0.717) is 25.1 Å². The van der Waals surface area contributed by atoms with Crippen molar-refractivity contribution >= 4 is 28.7 Å². The standard InChI is InChI=1S/C24H24N4O3/c29-21(26-28-22(30)24(25-23(28)31)13-7-2-8-14-24)20-15-18-11-5-6-12-19(18)27(20)16-17-9-3-1-4-10-17/h1,3-6,9-12,15H,2,7-8,13-14,16H2,(H,25,31)(H,26,29). The maximum atomic E-state index is 13.2. The molecule has 1 aliphatic carbocycles. The van der Waals surface area contributed by atoms with Crippen molar-refractivity contribution in [3.05, 3.63) is 71.9 Å². The van der Waals surface area contributed by atoms with Gasteiger partial charge in [-0.2, -0.15) is 5.01 Å². The molecule has 1 aromatic heterocycles. The summed E-state index contributed by atoms with van der Waals surface area (Å²) in [6.07, 6.45) is 4.05. The number of hydrogen-bond donors (Lipinski definition) is 2. The number of urea groups is 1. The number of aromatic nitrogens is 1. The van der Waals surface area contributed by atoms with Crippen molar-refractivity contribution in [3.8, 4) is 0 Å². The first-order valence-electron chi connectivity index (χ1n) is 10.7. The topological polar surface area (TPSA) is 83.4 Å². The van der Waals surface area contributed by atoms with Crippen LogP contribution in [-0.4, -0.2) is 33.0 Å². The zero-order chi connectivity index (χ0) is 21.4. The van der Waals surface area contributed by atoms with Crippen LogP contribution in [0.5, 0.6) is 0 Å². The first kappa shape index (κ1) is 19.4. The number of rotatable bonds is 4. The van der Waals surface area contributed by atoms with Gasteiger partial charge < -0.3 is 9.88 Å². The number of imide groups is 1. The van der Waals surface area contributed by atoms with E-state index in [-0.39, 0.29) is 5.91 Å². The molecule has 0 radical (unpaired) electrons. The second-order valence-corrected chi connectivity index (χ2v) is 8.31. The van der Waals surface area contributed by atoms with Crippen LogP contribution in [-0.2, 0) is 11.3 Å². The van der Waals surface area contributed by atoms with Gasteiger partial charge in [0.05, 0.1) is 0 Å². The van der Waals surface area contributed by atoms with Crippen LogP contribution in [0.4, 0.5) is 4.79 Å². The van der Waals surface area contributed by atoms with Crippen LogP contribution in [0.2, 0.25) is 0 Å². The molecule has 1 saturated carbocycles. The van der Waals surface area contributed by atoms with Gasteiger partial charge >= 0.3 is 6.03 Å². The van der Waals surface area contributed by atoms with E-state index in [9.17, 15) is 14.4 Å². The molecule has 7 nitrogen and oxygen atoms in total. The van der Waals surface area contributed by atoms with E-state index >= 15 is 0 Å². The lowest BCUT2D eigenvalue weighted by Gasteiger charge is -2.30. The Labute approximate surface area is 180 Å². The maximum absolute atomic E-state index is 13.2. The van der Waals surface area contributed by atoms with Crippen LogP contribution in [0.25, 0.3) is 10.9 Å². The lowest BCUT2D eigenvalue weighted by Crippen LogP contribution is -2.51. The second kappa shape index (κ2) is 7.58. The molecule has 1 saturated heterocycles. The van der Waals surface area contributed by atoms with Crippen molar-refractivity contribution in [2.75, 3.05) is 0 Å². The molecule has 1 spiro atoms. The van der Waals surface area contributed by atoms with Crippen molar-refractivity contribution in [2.45, 2.75) is 44.2 Å². The summed E-state index contributed by atoms with van der Waals surface area (Å²) in [5, 5.41) is 4.60. The fourth-order valence-electron chi connectivity index (χ4n) is 4.71. The van der Waals surface area contributed by atoms with Gasteiger partial charge in [-0.15, -0.1) is 0 Å². The number of amides is 4. The summed E-state index contributed by atoms with van der Waals surface area (Å²) < 4.78 is 1.91. The quantitative estimate of drug-likeness (QED) is 0.638. The molecule has 1 aliphatic heterocycles. The van der Waals surface area contributed by atoms with Crippen LogP contribution in [0.15, 0.2) is 60.7 Å². The van der Waals surface area contributed by atoms with E-state index in [1.807, 2.05) is 59.2 Å². The van der Waals surface area contributed by atoms with E-state index < -0.39 is 17.5 Å². The normalized spacial score (nSPS) is 17.9. The van der Waals surface area contributed by atoms with Gasteiger partial charge in [-0.1, -0.05) is 67.8 Å². The average molecular weight is 416 g/mol. The second-order valence-electron chi connectivity index (χ2n) is 8.31. The molecule has 4 amide bonds. The Balaban J connectivity index is 1.45. The predicted octanol–water partition coefficient (Wildman–Crippen LogP) is 3.59. The fraction of sp³-hybridized carbons (Fsp3) is 0.292. The van der Waals surface area contributed by atoms with E-state index in [2.05, 4.69) is 10.7 Å². The van der Waals surface area contributed by atoms with E-state index in [1.165, 1.54) is 0 Å². The summed E-state index contributed by atoms with van der Waals surface area (Å²) in [5.41, 5.74) is 4.05. The molecular weight excluding hydrogens is 392 g/mol. The SMILES string of the molecule is O=C(NN1C(=O)NC2(CCCCC2)C1=O)c1cc2ccccc2n1Cc1ccccc1. The van der Waals surface area contributed by atoms with Crippen LogP contribution < -0.4 is 10.7 Å². The number of nitrogens with zero attached hydrogens (tertiary/aromatic N) is 2. The maximum Gasteiger partial charge on any atom is 0.344 e. The van der Waals surface area contributed by atoms with Crippen LogP contribution in [0.1, 0.15) is 48.2 Å². The Kier molecular flexibility index (Phi) is 4.73. The van der Waals surface area contributed by atoms with Gasteiger partial charge in [0.15, 0.2) is 0 Å². The van der Waals surface area contributed by atoms with Gasteiger partial charge in [0.2, 0.25) is 0 Å². The zero-order valence-electron chi connectivity index (χ0n) is 17.1. The zero-order valence-corrected chi connectivity index (χ0v) is 17.1.